The molecule has 4 N–H and O–H groups in total. The zero-order chi connectivity index (χ0) is 14.3. The van der Waals surface area contributed by atoms with Crippen LogP contribution in [0.25, 0.3) is 0 Å². The largest absolute Gasteiger partial charge is 0.382 e. The highest BCUT2D eigenvalue weighted by molar-refractivity contribution is 5.78. The molecule has 2 amide bonds. The Labute approximate surface area is 112 Å². The molecule has 1 aromatic heterocycles. The van der Waals surface area contributed by atoms with Crippen LogP contribution >= 0.6 is 0 Å². The van der Waals surface area contributed by atoms with Gasteiger partial charge in [0.25, 0.3) is 0 Å². The fourth-order valence-electron chi connectivity index (χ4n) is 1.39. The molecule has 0 aliphatic heterocycles. The highest BCUT2D eigenvalue weighted by Gasteiger charge is 2.06. The first kappa shape index (κ1) is 15.0. The molecular formula is C12H21N5O2. The van der Waals surface area contributed by atoms with Gasteiger partial charge in [0, 0.05) is 25.7 Å². The highest BCUT2D eigenvalue weighted by atomic mass is 16.2. The molecular weight excluding hydrogens is 246 g/mol. The van der Waals surface area contributed by atoms with Crippen LogP contribution < -0.4 is 16.4 Å². The van der Waals surface area contributed by atoms with Crippen molar-refractivity contribution in [2.75, 3.05) is 18.8 Å². The van der Waals surface area contributed by atoms with Crippen molar-refractivity contribution in [2.24, 2.45) is 5.92 Å². The van der Waals surface area contributed by atoms with Gasteiger partial charge in [0.2, 0.25) is 11.8 Å². The number of carbonyl (C=O) groups excluding carboxylic acids is 2. The molecule has 0 fully saturated rings. The summed E-state index contributed by atoms with van der Waals surface area (Å²) in [5, 5.41) is 9.34. The van der Waals surface area contributed by atoms with Gasteiger partial charge in [0.1, 0.15) is 12.4 Å². The van der Waals surface area contributed by atoms with E-state index in [0.717, 1.165) is 0 Å². The summed E-state index contributed by atoms with van der Waals surface area (Å²) in [5.74, 6) is 0.543. The van der Waals surface area contributed by atoms with Crippen LogP contribution in [-0.2, 0) is 16.1 Å². The van der Waals surface area contributed by atoms with Crippen molar-refractivity contribution in [3.8, 4) is 0 Å². The molecule has 7 heteroatoms. The van der Waals surface area contributed by atoms with E-state index in [9.17, 15) is 9.59 Å². The number of rotatable bonds is 7. The van der Waals surface area contributed by atoms with Crippen LogP contribution in [0, 0.1) is 5.92 Å². The van der Waals surface area contributed by atoms with Gasteiger partial charge in [-0.3, -0.25) is 14.3 Å². The summed E-state index contributed by atoms with van der Waals surface area (Å²) in [6.45, 7) is 5.12. The topological polar surface area (TPSA) is 102 Å². The van der Waals surface area contributed by atoms with Gasteiger partial charge in [-0.2, -0.15) is 5.10 Å². The number of hydrogen-bond acceptors (Lipinski definition) is 4. The lowest BCUT2D eigenvalue weighted by Gasteiger charge is -2.08. The molecule has 0 aliphatic carbocycles. The first-order valence-electron chi connectivity index (χ1n) is 6.29. The predicted octanol–water partition coefficient (Wildman–Crippen LogP) is -0.256. The standard InChI is InChI=1S/C12H21N5O2/c1-9(2)7-15-11(18)3-5-14-12(19)8-17-6-4-10(13)16-17/h4,6,9H,3,5,7-8H2,1-2H3,(H2,13,16)(H,14,19)(H,15,18). The second-order valence-electron chi connectivity index (χ2n) is 4.74. The Morgan fingerprint density at radius 2 is 2.11 bits per heavy atom. The maximum Gasteiger partial charge on any atom is 0.241 e. The van der Waals surface area contributed by atoms with Crippen molar-refractivity contribution in [3.63, 3.8) is 0 Å². The molecule has 0 radical (unpaired) electrons. The number of nitrogens with zero attached hydrogens (tertiary/aromatic N) is 2. The van der Waals surface area contributed by atoms with Gasteiger partial charge in [-0.1, -0.05) is 13.8 Å². The SMILES string of the molecule is CC(C)CNC(=O)CCNC(=O)Cn1ccc(N)n1. The van der Waals surface area contributed by atoms with Gasteiger partial charge < -0.3 is 16.4 Å². The maximum absolute atomic E-state index is 11.5. The lowest BCUT2D eigenvalue weighted by Crippen LogP contribution is -2.33. The third-order valence-corrected chi connectivity index (χ3v) is 2.35. The van der Waals surface area contributed by atoms with Crippen molar-refractivity contribution < 1.29 is 9.59 Å². The molecule has 0 aromatic carbocycles. The summed E-state index contributed by atoms with van der Waals surface area (Å²) < 4.78 is 1.45. The molecule has 0 spiro atoms. The Balaban J connectivity index is 2.15. The van der Waals surface area contributed by atoms with Gasteiger partial charge in [-0.15, -0.1) is 0 Å². The number of nitrogens with one attached hydrogen (secondary N) is 2. The van der Waals surface area contributed by atoms with Crippen LogP contribution in [0.5, 0.6) is 0 Å². The zero-order valence-electron chi connectivity index (χ0n) is 11.3. The van der Waals surface area contributed by atoms with Crippen molar-refractivity contribution in [1.82, 2.24) is 20.4 Å². The number of nitrogen functional groups attached to an aromatic ring is 1. The Morgan fingerprint density at radius 3 is 2.68 bits per heavy atom. The molecule has 1 heterocycles. The number of carbonyl (C=O) groups is 2. The zero-order valence-corrected chi connectivity index (χ0v) is 11.3. The van der Waals surface area contributed by atoms with Crippen LogP contribution in [0.3, 0.4) is 0 Å². The first-order valence-corrected chi connectivity index (χ1v) is 6.29. The van der Waals surface area contributed by atoms with E-state index in [1.807, 2.05) is 13.8 Å². The van der Waals surface area contributed by atoms with Gasteiger partial charge in [-0.25, -0.2) is 0 Å². The van der Waals surface area contributed by atoms with Crippen LogP contribution in [0.1, 0.15) is 20.3 Å². The minimum atomic E-state index is -0.195. The average Bonchev–Trinajstić information content (AvgIpc) is 2.72. The van der Waals surface area contributed by atoms with Gasteiger partial charge in [-0.05, 0) is 12.0 Å². The molecule has 0 unspecified atom stereocenters. The summed E-state index contributed by atoms with van der Waals surface area (Å²) in [6.07, 6.45) is 1.91. The number of hydrogen-bond donors (Lipinski definition) is 3. The summed E-state index contributed by atoms with van der Waals surface area (Å²) >= 11 is 0. The summed E-state index contributed by atoms with van der Waals surface area (Å²) in [4.78, 5) is 22.9. The number of aromatic nitrogens is 2. The lowest BCUT2D eigenvalue weighted by molar-refractivity contribution is -0.122. The van der Waals surface area contributed by atoms with Crippen LogP contribution in [0.15, 0.2) is 12.3 Å². The Bertz CT molecular complexity index is 428. The smallest absolute Gasteiger partial charge is 0.241 e. The summed E-state index contributed by atoms with van der Waals surface area (Å²) in [5.41, 5.74) is 5.44. The molecule has 106 valence electrons. The summed E-state index contributed by atoms with van der Waals surface area (Å²) in [7, 11) is 0. The van der Waals surface area contributed by atoms with E-state index < -0.39 is 0 Å². The van der Waals surface area contributed by atoms with Crippen LogP contribution in [0.2, 0.25) is 0 Å². The number of anilines is 1. The lowest BCUT2D eigenvalue weighted by atomic mass is 10.2. The Morgan fingerprint density at radius 1 is 1.37 bits per heavy atom. The van der Waals surface area contributed by atoms with E-state index in [4.69, 9.17) is 5.73 Å². The van der Waals surface area contributed by atoms with Crippen LogP contribution in [0.4, 0.5) is 5.82 Å². The number of amides is 2. The monoisotopic (exact) mass is 267 g/mol. The normalized spacial score (nSPS) is 10.5. The van der Waals surface area contributed by atoms with Crippen LogP contribution in [-0.4, -0.2) is 34.7 Å². The van der Waals surface area contributed by atoms with Crippen molar-refractivity contribution in [3.05, 3.63) is 12.3 Å². The van der Waals surface area contributed by atoms with Gasteiger partial charge >= 0.3 is 0 Å². The van der Waals surface area contributed by atoms with E-state index in [-0.39, 0.29) is 24.8 Å². The minimum Gasteiger partial charge on any atom is -0.382 e. The number of nitrogens with two attached hydrogens (primary N) is 1. The average molecular weight is 267 g/mol. The summed E-state index contributed by atoms with van der Waals surface area (Å²) in [6, 6.07) is 1.62. The molecule has 1 rings (SSSR count). The molecule has 0 atom stereocenters. The molecule has 1 aromatic rings. The van der Waals surface area contributed by atoms with E-state index >= 15 is 0 Å². The molecule has 0 saturated carbocycles. The van der Waals surface area contributed by atoms with Crippen molar-refractivity contribution >= 4 is 17.6 Å². The third kappa shape index (κ3) is 6.44. The molecule has 0 saturated heterocycles. The second kappa shape index (κ2) is 7.40. The fraction of sp³-hybridized carbons (Fsp3) is 0.583. The van der Waals surface area contributed by atoms with Crippen molar-refractivity contribution in [2.45, 2.75) is 26.8 Å². The van der Waals surface area contributed by atoms with E-state index in [1.54, 1.807) is 12.3 Å². The Hall–Kier alpha value is -2.05. The highest BCUT2D eigenvalue weighted by Crippen LogP contribution is 1.95. The molecule has 0 aliphatic rings. The maximum atomic E-state index is 11.5. The first-order chi connectivity index (χ1) is 8.97. The molecule has 19 heavy (non-hydrogen) atoms. The van der Waals surface area contributed by atoms with E-state index in [2.05, 4.69) is 15.7 Å². The molecule has 7 nitrogen and oxygen atoms in total. The second-order valence-corrected chi connectivity index (χ2v) is 4.74. The quantitative estimate of drug-likeness (QED) is 0.633. The van der Waals surface area contributed by atoms with E-state index in [0.29, 0.717) is 24.8 Å². The van der Waals surface area contributed by atoms with Crippen molar-refractivity contribution in [1.29, 1.82) is 0 Å². The molecule has 0 bridgehead atoms. The van der Waals surface area contributed by atoms with E-state index in [1.165, 1.54) is 4.68 Å². The van der Waals surface area contributed by atoms with Gasteiger partial charge in [0.05, 0.1) is 0 Å². The third-order valence-electron chi connectivity index (χ3n) is 2.35. The fourth-order valence-corrected chi connectivity index (χ4v) is 1.39. The Kier molecular flexibility index (Phi) is 5.84. The predicted molar refractivity (Wildman–Crippen MR) is 72.1 cm³/mol. The minimum absolute atomic E-state index is 0.0580. The van der Waals surface area contributed by atoms with Gasteiger partial charge in [0.15, 0.2) is 0 Å².